The summed E-state index contributed by atoms with van der Waals surface area (Å²) in [6.45, 7) is 0.778. The Hall–Kier alpha value is -1.33. The Morgan fingerprint density at radius 1 is 1.50 bits per heavy atom. The van der Waals surface area contributed by atoms with Crippen molar-refractivity contribution in [2.75, 3.05) is 13.7 Å². The van der Waals surface area contributed by atoms with Gasteiger partial charge in [-0.25, -0.2) is 0 Å². The van der Waals surface area contributed by atoms with E-state index in [1.54, 1.807) is 12.0 Å². The number of methoxy groups -OCH3 is 1. The standard InChI is InChI=1S/C15H15NO2S2/c1-18-12-4-2-3-11(7-12)8-13-14(17)16(15(19)20-13)9-10-5-6-10/h2-4,7-8,10H,5-6,9H2,1H3/b13-8-. The van der Waals surface area contributed by atoms with Gasteiger partial charge in [0.15, 0.2) is 0 Å². The van der Waals surface area contributed by atoms with Crippen molar-refractivity contribution >= 4 is 40.3 Å². The number of benzene rings is 1. The van der Waals surface area contributed by atoms with Crippen LogP contribution in [0.3, 0.4) is 0 Å². The van der Waals surface area contributed by atoms with Crippen LogP contribution in [-0.2, 0) is 4.79 Å². The van der Waals surface area contributed by atoms with E-state index in [0.29, 0.717) is 15.1 Å². The highest BCUT2D eigenvalue weighted by atomic mass is 32.2. The number of thiocarbonyl (C=S) groups is 1. The number of carbonyl (C=O) groups is 1. The summed E-state index contributed by atoms with van der Waals surface area (Å²) >= 11 is 6.70. The van der Waals surface area contributed by atoms with E-state index in [1.165, 1.54) is 24.6 Å². The van der Waals surface area contributed by atoms with Crippen LogP contribution in [-0.4, -0.2) is 28.8 Å². The molecule has 3 nitrogen and oxygen atoms in total. The number of ether oxygens (including phenoxy) is 1. The summed E-state index contributed by atoms with van der Waals surface area (Å²) in [5.74, 6) is 1.47. The fourth-order valence-corrected chi connectivity index (χ4v) is 3.37. The summed E-state index contributed by atoms with van der Waals surface area (Å²) < 4.78 is 5.87. The van der Waals surface area contributed by atoms with Gasteiger partial charge in [0.1, 0.15) is 10.1 Å². The highest BCUT2D eigenvalue weighted by Gasteiger charge is 2.36. The molecule has 0 bridgehead atoms. The Bertz CT molecular complexity index is 593. The molecule has 0 atom stereocenters. The van der Waals surface area contributed by atoms with Crippen LogP contribution >= 0.6 is 24.0 Å². The molecule has 104 valence electrons. The molecule has 1 aliphatic heterocycles. The maximum absolute atomic E-state index is 12.4. The van der Waals surface area contributed by atoms with Gasteiger partial charge in [-0.05, 0) is 42.5 Å². The third-order valence-electron chi connectivity index (χ3n) is 3.40. The van der Waals surface area contributed by atoms with E-state index in [0.717, 1.165) is 17.9 Å². The van der Waals surface area contributed by atoms with Crippen molar-refractivity contribution in [3.8, 4) is 5.75 Å². The lowest BCUT2D eigenvalue weighted by molar-refractivity contribution is -0.122. The molecular weight excluding hydrogens is 290 g/mol. The molecule has 1 aromatic carbocycles. The van der Waals surface area contributed by atoms with Crippen molar-refractivity contribution in [2.24, 2.45) is 5.92 Å². The van der Waals surface area contributed by atoms with Gasteiger partial charge in [0, 0.05) is 6.54 Å². The van der Waals surface area contributed by atoms with Gasteiger partial charge in [0.25, 0.3) is 5.91 Å². The van der Waals surface area contributed by atoms with Crippen LogP contribution in [0.1, 0.15) is 18.4 Å². The van der Waals surface area contributed by atoms with Crippen LogP contribution < -0.4 is 4.74 Å². The average Bonchev–Trinajstić information content (AvgIpc) is 3.23. The molecule has 2 aliphatic rings. The minimum Gasteiger partial charge on any atom is -0.497 e. The van der Waals surface area contributed by atoms with E-state index in [1.807, 2.05) is 30.3 Å². The smallest absolute Gasteiger partial charge is 0.266 e. The molecule has 0 radical (unpaired) electrons. The lowest BCUT2D eigenvalue weighted by atomic mass is 10.2. The minimum atomic E-state index is 0.0368. The highest BCUT2D eigenvalue weighted by molar-refractivity contribution is 8.26. The first-order chi connectivity index (χ1) is 9.67. The van der Waals surface area contributed by atoms with E-state index in [9.17, 15) is 4.79 Å². The molecule has 5 heteroatoms. The Balaban J connectivity index is 1.80. The van der Waals surface area contributed by atoms with Crippen molar-refractivity contribution in [2.45, 2.75) is 12.8 Å². The third-order valence-corrected chi connectivity index (χ3v) is 4.78. The fraction of sp³-hybridized carbons (Fsp3) is 0.333. The molecule has 0 aromatic heterocycles. The second-order valence-electron chi connectivity index (χ2n) is 5.01. The van der Waals surface area contributed by atoms with E-state index in [4.69, 9.17) is 17.0 Å². The van der Waals surface area contributed by atoms with Crippen LogP contribution in [0, 0.1) is 5.92 Å². The molecule has 1 heterocycles. The number of hydrogen-bond donors (Lipinski definition) is 0. The molecule has 1 aliphatic carbocycles. The van der Waals surface area contributed by atoms with Gasteiger partial charge in [-0.2, -0.15) is 0 Å². The zero-order chi connectivity index (χ0) is 14.1. The number of carbonyl (C=O) groups excluding carboxylic acids is 1. The predicted molar refractivity (Wildman–Crippen MR) is 85.6 cm³/mol. The molecule has 1 saturated carbocycles. The van der Waals surface area contributed by atoms with Crippen LogP contribution in [0.4, 0.5) is 0 Å². The number of amides is 1. The summed E-state index contributed by atoms with van der Waals surface area (Å²) in [4.78, 5) is 14.8. The molecule has 1 aromatic rings. The molecule has 0 N–H and O–H groups in total. The van der Waals surface area contributed by atoms with E-state index in [-0.39, 0.29) is 5.91 Å². The van der Waals surface area contributed by atoms with E-state index >= 15 is 0 Å². The number of thioether (sulfide) groups is 1. The molecule has 3 rings (SSSR count). The lowest BCUT2D eigenvalue weighted by Gasteiger charge is -2.13. The molecular formula is C15H15NO2S2. The van der Waals surface area contributed by atoms with Crippen LogP contribution in [0.25, 0.3) is 6.08 Å². The molecule has 2 fully saturated rings. The Kier molecular flexibility index (Phi) is 3.81. The maximum Gasteiger partial charge on any atom is 0.266 e. The number of nitrogens with zero attached hydrogens (tertiary/aromatic N) is 1. The molecule has 0 spiro atoms. The van der Waals surface area contributed by atoms with Gasteiger partial charge < -0.3 is 4.74 Å². The van der Waals surface area contributed by atoms with Gasteiger partial charge >= 0.3 is 0 Å². The van der Waals surface area contributed by atoms with Crippen LogP contribution in [0.2, 0.25) is 0 Å². The summed E-state index contributed by atoms with van der Waals surface area (Å²) in [5, 5.41) is 0. The van der Waals surface area contributed by atoms with E-state index in [2.05, 4.69) is 0 Å². The Morgan fingerprint density at radius 2 is 2.30 bits per heavy atom. The lowest BCUT2D eigenvalue weighted by Crippen LogP contribution is -2.30. The average molecular weight is 305 g/mol. The van der Waals surface area contributed by atoms with E-state index < -0.39 is 0 Å². The maximum atomic E-state index is 12.4. The second-order valence-corrected chi connectivity index (χ2v) is 6.69. The zero-order valence-electron chi connectivity index (χ0n) is 11.2. The summed E-state index contributed by atoms with van der Waals surface area (Å²) in [6, 6.07) is 7.66. The SMILES string of the molecule is COc1cccc(/C=C2\SC(=S)N(CC3CC3)C2=O)c1. The van der Waals surface area contributed by atoms with Crippen molar-refractivity contribution < 1.29 is 9.53 Å². The normalized spacial score (nSPS) is 20.9. The summed E-state index contributed by atoms with van der Waals surface area (Å²) in [5.41, 5.74) is 0.955. The zero-order valence-corrected chi connectivity index (χ0v) is 12.8. The van der Waals surface area contributed by atoms with Crippen molar-refractivity contribution in [1.82, 2.24) is 4.90 Å². The van der Waals surface area contributed by atoms with Crippen LogP contribution in [0.5, 0.6) is 5.75 Å². The second kappa shape index (κ2) is 5.58. The first-order valence-corrected chi connectivity index (χ1v) is 7.79. The van der Waals surface area contributed by atoms with Gasteiger partial charge in [-0.1, -0.05) is 36.1 Å². The molecule has 0 unspecified atom stereocenters. The predicted octanol–water partition coefficient (Wildman–Crippen LogP) is 3.31. The first kappa shape index (κ1) is 13.6. The topological polar surface area (TPSA) is 29.5 Å². The number of hydrogen-bond acceptors (Lipinski definition) is 4. The van der Waals surface area contributed by atoms with Gasteiger partial charge in [0.2, 0.25) is 0 Å². The Labute approximate surface area is 128 Å². The van der Waals surface area contributed by atoms with Gasteiger partial charge in [0.05, 0.1) is 12.0 Å². The Morgan fingerprint density at radius 3 is 3.00 bits per heavy atom. The fourth-order valence-electron chi connectivity index (χ4n) is 2.10. The molecule has 1 amide bonds. The minimum absolute atomic E-state index is 0.0368. The monoisotopic (exact) mass is 305 g/mol. The van der Waals surface area contributed by atoms with Crippen molar-refractivity contribution in [1.29, 1.82) is 0 Å². The van der Waals surface area contributed by atoms with Crippen LogP contribution in [0.15, 0.2) is 29.2 Å². The molecule has 1 saturated heterocycles. The van der Waals surface area contributed by atoms with Gasteiger partial charge in [-0.3, -0.25) is 9.69 Å². The van der Waals surface area contributed by atoms with Gasteiger partial charge in [-0.15, -0.1) is 0 Å². The molecule has 20 heavy (non-hydrogen) atoms. The summed E-state index contributed by atoms with van der Waals surface area (Å²) in [6.07, 6.45) is 4.31. The summed E-state index contributed by atoms with van der Waals surface area (Å²) in [7, 11) is 1.63. The van der Waals surface area contributed by atoms with Crippen molar-refractivity contribution in [3.05, 3.63) is 34.7 Å². The first-order valence-electron chi connectivity index (χ1n) is 6.57. The largest absolute Gasteiger partial charge is 0.497 e. The quantitative estimate of drug-likeness (QED) is 0.630. The van der Waals surface area contributed by atoms with Crippen molar-refractivity contribution in [3.63, 3.8) is 0 Å². The highest BCUT2D eigenvalue weighted by Crippen LogP contribution is 2.37. The number of rotatable bonds is 4. The third kappa shape index (κ3) is 2.88.